The van der Waals surface area contributed by atoms with Gasteiger partial charge in [0.25, 0.3) is 0 Å². The van der Waals surface area contributed by atoms with Gasteiger partial charge in [0.15, 0.2) is 11.5 Å². The number of nitrogens with one attached hydrogen (secondary N) is 1. The Balaban J connectivity index is 1.31. The normalized spacial score (nSPS) is 16.4. The molecule has 1 aliphatic heterocycles. The van der Waals surface area contributed by atoms with Crippen molar-refractivity contribution in [1.29, 1.82) is 0 Å². The number of carbonyl (C=O) groups excluding carboxylic acids is 1. The summed E-state index contributed by atoms with van der Waals surface area (Å²) >= 11 is 0. The van der Waals surface area contributed by atoms with E-state index in [-0.39, 0.29) is 24.8 Å². The lowest BCUT2D eigenvalue weighted by Crippen LogP contribution is -2.38. The summed E-state index contributed by atoms with van der Waals surface area (Å²) in [5.74, 6) is 1.41. The summed E-state index contributed by atoms with van der Waals surface area (Å²) in [5, 5.41) is 3.12. The molecule has 1 heterocycles. The first-order chi connectivity index (χ1) is 17.3. The molecule has 0 saturated heterocycles. The van der Waals surface area contributed by atoms with Crippen molar-refractivity contribution in [2.75, 3.05) is 12.1 Å². The van der Waals surface area contributed by atoms with Gasteiger partial charge in [-0.3, -0.25) is 4.79 Å². The first kappa shape index (κ1) is 24.5. The van der Waals surface area contributed by atoms with Crippen molar-refractivity contribution in [3.63, 3.8) is 0 Å². The molecule has 3 aromatic rings. The fraction of sp³-hybridized carbons (Fsp3) is 0.345. The maximum atomic E-state index is 13.3. The summed E-state index contributed by atoms with van der Waals surface area (Å²) in [5.41, 5.74) is 3.18. The molecule has 7 heteroatoms. The highest BCUT2D eigenvalue weighted by Crippen LogP contribution is 2.51. The molecular formula is C29H32N2O4S. The molecule has 1 fully saturated rings. The number of nitrogens with zero attached hydrogens (tertiary/aromatic N) is 1. The number of rotatable bonds is 8. The first-order valence-electron chi connectivity index (χ1n) is 12.4. The van der Waals surface area contributed by atoms with E-state index in [0.717, 1.165) is 45.9 Å². The van der Waals surface area contributed by atoms with Crippen molar-refractivity contribution in [2.45, 2.75) is 62.9 Å². The van der Waals surface area contributed by atoms with E-state index in [1.54, 1.807) is 0 Å². The number of anilines is 1. The van der Waals surface area contributed by atoms with Crippen molar-refractivity contribution < 1.29 is 18.5 Å². The molecule has 6 nitrogen and oxygen atoms in total. The predicted molar refractivity (Wildman–Crippen MR) is 143 cm³/mol. The number of hydrogen-bond donors (Lipinski definition) is 1. The number of amides is 1. The Morgan fingerprint density at radius 3 is 2.25 bits per heavy atom. The third-order valence-corrected chi connectivity index (χ3v) is 8.73. The van der Waals surface area contributed by atoms with E-state index in [1.807, 2.05) is 71.0 Å². The summed E-state index contributed by atoms with van der Waals surface area (Å²) in [6.45, 7) is 8.46. The Kier molecular flexibility index (Phi) is 6.62. The van der Waals surface area contributed by atoms with Crippen LogP contribution in [0.4, 0.5) is 5.69 Å². The number of fused-ring (bicyclic) bond motifs is 1. The molecule has 1 saturated carbocycles. The Morgan fingerprint density at radius 2 is 1.58 bits per heavy atom. The second-order valence-electron chi connectivity index (χ2n) is 10.0. The van der Waals surface area contributed by atoms with Crippen molar-refractivity contribution in [1.82, 2.24) is 4.31 Å². The minimum Gasteiger partial charge on any atom is -0.454 e. The van der Waals surface area contributed by atoms with Crippen LogP contribution in [-0.2, 0) is 21.2 Å². The lowest BCUT2D eigenvalue weighted by molar-refractivity contribution is -0.118. The van der Waals surface area contributed by atoms with Crippen LogP contribution in [0.1, 0.15) is 46.1 Å². The average molecular weight is 505 g/mol. The summed E-state index contributed by atoms with van der Waals surface area (Å²) < 4.78 is 26.0. The number of hydrogen-bond acceptors (Lipinski definition) is 4. The second-order valence-corrected chi connectivity index (χ2v) is 11.4. The van der Waals surface area contributed by atoms with E-state index in [4.69, 9.17) is 9.47 Å². The first-order valence-corrected chi connectivity index (χ1v) is 13.5. The molecule has 5 rings (SSSR count). The van der Waals surface area contributed by atoms with E-state index in [1.165, 1.54) is 0 Å². The highest BCUT2D eigenvalue weighted by Gasteiger charge is 2.51. The van der Waals surface area contributed by atoms with Crippen LogP contribution in [0.25, 0.3) is 11.1 Å². The molecule has 3 aromatic carbocycles. The Hall–Kier alpha value is -3.16. The number of carbonyl (C=O) groups is 1. The summed E-state index contributed by atoms with van der Waals surface area (Å²) in [6, 6.07) is 21.8. The summed E-state index contributed by atoms with van der Waals surface area (Å²) in [4.78, 5) is 14.1. The molecule has 1 aliphatic carbocycles. The molecule has 188 valence electrons. The smallest absolute Gasteiger partial charge is 0.235 e. The zero-order valence-corrected chi connectivity index (χ0v) is 21.9. The minimum atomic E-state index is -1.22. The molecule has 0 bridgehead atoms. The molecule has 2 aliphatic rings. The summed E-state index contributed by atoms with van der Waals surface area (Å²) in [7, 11) is -1.22. The molecule has 1 amide bonds. The third kappa shape index (κ3) is 4.65. The van der Waals surface area contributed by atoms with Gasteiger partial charge in [0.05, 0.1) is 10.3 Å². The number of ether oxygens (including phenoxy) is 2. The van der Waals surface area contributed by atoms with Crippen LogP contribution in [0.5, 0.6) is 11.5 Å². The molecule has 1 N–H and O–H groups in total. The molecule has 1 atom stereocenters. The minimum absolute atomic E-state index is 0.00766. The van der Waals surface area contributed by atoms with Crippen molar-refractivity contribution in [2.24, 2.45) is 0 Å². The predicted octanol–water partition coefficient (Wildman–Crippen LogP) is 5.89. The van der Waals surface area contributed by atoms with E-state index in [0.29, 0.717) is 5.75 Å². The maximum Gasteiger partial charge on any atom is 0.235 e. The molecule has 36 heavy (non-hydrogen) atoms. The second kappa shape index (κ2) is 9.71. The lowest BCUT2D eigenvalue weighted by atomic mass is 9.94. The quantitative estimate of drug-likeness (QED) is 0.415. The highest BCUT2D eigenvalue weighted by atomic mass is 32.2. The third-order valence-electron chi connectivity index (χ3n) is 6.83. The highest BCUT2D eigenvalue weighted by molar-refractivity contribution is 7.82. The van der Waals surface area contributed by atoms with E-state index >= 15 is 0 Å². The van der Waals surface area contributed by atoms with Gasteiger partial charge in [-0.1, -0.05) is 30.3 Å². The van der Waals surface area contributed by atoms with Gasteiger partial charge in [-0.25, -0.2) is 8.51 Å². The van der Waals surface area contributed by atoms with Gasteiger partial charge in [0, 0.05) is 17.8 Å². The standard InChI is InChI=1S/C29H32N2O4S/c1-19(2)31(20(3)4)36(33)25-11-8-21(9-12-25)22-6-5-7-24(16-22)30-28(32)29(14-15-29)23-10-13-26-27(17-23)35-18-34-26/h5-13,16-17,19-20H,14-15,18H2,1-4H3,(H,30,32). The van der Waals surface area contributed by atoms with Gasteiger partial charge in [-0.15, -0.1) is 0 Å². The van der Waals surface area contributed by atoms with Crippen LogP contribution in [0.15, 0.2) is 71.6 Å². The van der Waals surface area contributed by atoms with Gasteiger partial charge in [0.2, 0.25) is 12.7 Å². The molecule has 0 aromatic heterocycles. The monoisotopic (exact) mass is 504 g/mol. The fourth-order valence-electron chi connectivity index (χ4n) is 4.86. The Bertz CT molecular complexity index is 1290. The van der Waals surface area contributed by atoms with Gasteiger partial charge >= 0.3 is 0 Å². The van der Waals surface area contributed by atoms with Crippen LogP contribution in [0.3, 0.4) is 0 Å². The Labute approximate surface area is 215 Å². The Morgan fingerprint density at radius 1 is 0.889 bits per heavy atom. The van der Waals surface area contributed by atoms with Gasteiger partial charge in [0.1, 0.15) is 11.0 Å². The van der Waals surface area contributed by atoms with Crippen LogP contribution in [0.2, 0.25) is 0 Å². The molecule has 1 unspecified atom stereocenters. The largest absolute Gasteiger partial charge is 0.454 e. The van der Waals surface area contributed by atoms with Crippen LogP contribution < -0.4 is 14.8 Å². The van der Waals surface area contributed by atoms with Crippen molar-refractivity contribution in [3.05, 3.63) is 72.3 Å². The SMILES string of the molecule is CC(C)N(C(C)C)S(=O)c1ccc(-c2cccc(NC(=O)C3(c4ccc5c(c4)OCO5)CC3)c2)cc1. The van der Waals surface area contributed by atoms with E-state index in [9.17, 15) is 9.00 Å². The van der Waals surface area contributed by atoms with Gasteiger partial charge in [-0.05, 0) is 93.6 Å². The summed E-state index contributed by atoms with van der Waals surface area (Å²) in [6.07, 6.45) is 1.61. The number of benzene rings is 3. The van der Waals surface area contributed by atoms with Crippen molar-refractivity contribution >= 4 is 22.6 Å². The van der Waals surface area contributed by atoms with E-state index in [2.05, 4.69) is 33.0 Å². The van der Waals surface area contributed by atoms with Crippen LogP contribution >= 0.6 is 0 Å². The van der Waals surface area contributed by atoms with Crippen LogP contribution in [0, 0.1) is 0 Å². The lowest BCUT2D eigenvalue weighted by Gasteiger charge is -2.28. The van der Waals surface area contributed by atoms with E-state index < -0.39 is 16.4 Å². The maximum absolute atomic E-state index is 13.3. The zero-order valence-electron chi connectivity index (χ0n) is 21.1. The zero-order chi connectivity index (χ0) is 25.4. The molecule has 0 radical (unpaired) electrons. The van der Waals surface area contributed by atoms with Crippen LogP contribution in [-0.4, -0.2) is 33.3 Å². The topological polar surface area (TPSA) is 67.9 Å². The van der Waals surface area contributed by atoms with Gasteiger partial charge < -0.3 is 14.8 Å². The fourth-order valence-corrected chi connectivity index (χ4v) is 6.24. The van der Waals surface area contributed by atoms with Crippen molar-refractivity contribution in [3.8, 4) is 22.6 Å². The average Bonchev–Trinajstić information content (AvgIpc) is 3.54. The van der Waals surface area contributed by atoms with Gasteiger partial charge in [-0.2, -0.15) is 0 Å². The molecule has 0 spiro atoms. The molecular weight excluding hydrogens is 472 g/mol.